The Labute approximate surface area is 189 Å². The zero-order valence-corrected chi connectivity index (χ0v) is 19.2. The molecule has 4 unspecified atom stereocenters. The van der Waals surface area contributed by atoms with Gasteiger partial charge in [0.05, 0.1) is 23.6 Å². The molecule has 4 rings (SSSR count). The van der Waals surface area contributed by atoms with Crippen LogP contribution in [0.25, 0.3) is 0 Å². The van der Waals surface area contributed by atoms with Crippen molar-refractivity contribution >= 4 is 11.7 Å². The Kier molecular flexibility index (Phi) is 6.96. The molecule has 0 aromatic heterocycles. The van der Waals surface area contributed by atoms with Crippen molar-refractivity contribution in [2.45, 2.75) is 57.8 Å². The molecular weight excluding hydrogens is 411 g/mol. The third-order valence-corrected chi connectivity index (χ3v) is 7.19. The number of benzene rings is 1. The summed E-state index contributed by atoms with van der Waals surface area (Å²) in [5, 5.41) is 0. The van der Waals surface area contributed by atoms with Gasteiger partial charge in [-0.1, -0.05) is 26.0 Å². The van der Waals surface area contributed by atoms with Gasteiger partial charge in [-0.3, -0.25) is 9.59 Å². The summed E-state index contributed by atoms with van der Waals surface area (Å²) in [5.74, 6) is -0.652. The highest BCUT2D eigenvalue weighted by Gasteiger charge is 2.52. The van der Waals surface area contributed by atoms with E-state index in [0.717, 1.165) is 38.0 Å². The van der Waals surface area contributed by atoms with Crippen LogP contribution >= 0.6 is 0 Å². The molecule has 1 aromatic carbocycles. The molecule has 1 aromatic rings. The van der Waals surface area contributed by atoms with Gasteiger partial charge in [0, 0.05) is 20.1 Å². The number of hydrogen-bond acceptors (Lipinski definition) is 5. The van der Waals surface area contributed by atoms with Gasteiger partial charge in [-0.05, 0) is 56.6 Å². The number of amides is 1. The predicted molar refractivity (Wildman–Crippen MR) is 118 cm³/mol. The van der Waals surface area contributed by atoms with E-state index in [1.54, 1.807) is 24.1 Å². The van der Waals surface area contributed by atoms with Crippen molar-refractivity contribution in [3.05, 3.63) is 47.0 Å². The first-order valence-corrected chi connectivity index (χ1v) is 11.7. The van der Waals surface area contributed by atoms with Gasteiger partial charge >= 0.3 is 0 Å². The van der Waals surface area contributed by atoms with Crippen LogP contribution in [0.3, 0.4) is 0 Å². The maximum absolute atomic E-state index is 13.6. The number of Topliss-reactive ketones (excluding diaryl/α,β-unsaturated/α-hetero) is 1. The van der Waals surface area contributed by atoms with Crippen molar-refractivity contribution in [1.82, 2.24) is 9.80 Å². The fourth-order valence-electron chi connectivity index (χ4n) is 5.32. The second kappa shape index (κ2) is 9.71. The molecule has 1 aliphatic carbocycles. The maximum Gasteiger partial charge on any atom is 0.290 e. The SMILES string of the molecule is CCN(CC)CCCN1C(=O)C2=C(C(=O)C3CCC(OC)CC3O2)C1c1ccc(F)cc1. The summed E-state index contributed by atoms with van der Waals surface area (Å²) < 4.78 is 25.3. The summed E-state index contributed by atoms with van der Waals surface area (Å²) in [6.07, 6.45) is 2.61. The Morgan fingerprint density at radius 2 is 1.88 bits per heavy atom. The van der Waals surface area contributed by atoms with Gasteiger partial charge in [0.15, 0.2) is 11.5 Å². The second-order valence-electron chi connectivity index (χ2n) is 8.87. The molecule has 1 amide bonds. The van der Waals surface area contributed by atoms with Crippen molar-refractivity contribution in [2.75, 3.05) is 33.3 Å². The number of ether oxygens (including phenoxy) is 2. The first-order chi connectivity index (χ1) is 15.5. The Balaban J connectivity index is 1.64. The van der Waals surface area contributed by atoms with Crippen LogP contribution in [0.5, 0.6) is 0 Å². The number of nitrogens with zero attached hydrogens (tertiary/aromatic N) is 2. The number of rotatable bonds is 8. The Morgan fingerprint density at radius 1 is 1.16 bits per heavy atom. The smallest absolute Gasteiger partial charge is 0.290 e. The average Bonchev–Trinajstić information content (AvgIpc) is 3.09. The number of hydrogen-bond donors (Lipinski definition) is 0. The van der Waals surface area contributed by atoms with Crippen LogP contribution in [0.2, 0.25) is 0 Å². The monoisotopic (exact) mass is 444 g/mol. The zero-order valence-electron chi connectivity index (χ0n) is 19.2. The highest BCUT2D eigenvalue weighted by molar-refractivity contribution is 6.11. The molecule has 174 valence electrons. The van der Waals surface area contributed by atoms with E-state index in [0.29, 0.717) is 25.0 Å². The minimum absolute atomic E-state index is 0.000258. The molecule has 32 heavy (non-hydrogen) atoms. The van der Waals surface area contributed by atoms with Crippen LogP contribution in [-0.4, -0.2) is 67.0 Å². The molecule has 2 aliphatic heterocycles. The largest absolute Gasteiger partial charge is 0.483 e. The average molecular weight is 445 g/mol. The second-order valence-corrected chi connectivity index (χ2v) is 8.87. The van der Waals surface area contributed by atoms with Gasteiger partial charge in [0.2, 0.25) is 0 Å². The molecule has 0 spiro atoms. The van der Waals surface area contributed by atoms with Gasteiger partial charge in [-0.25, -0.2) is 4.39 Å². The lowest BCUT2D eigenvalue weighted by molar-refractivity contribution is -0.138. The van der Waals surface area contributed by atoms with E-state index in [4.69, 9.17) is 9.47 Å². The first-order valence-electron chi connectivity index (χ1n) is 11.7. The number of halogens is 1. The molecule has 0 N–H and O–H groups in total. The van der Waals surface area contributed by atoms with Crippen LogP contribution in [0, 0.1) is 11.7 Å². The summed E-state index contributed by atoms with van der Waals surface area (Å²) >= 11 is 0. The topological polar surface area (TPSA) is 59.1 Å². The van der Waals surface area contributed by atoms with Crippen molar-refractivity contribution < 1.29 is 23.5 Å². The minimum Gasteiger partial charge on any atom is -0.483 e. The highest BCUT2D eigenvalue weighted by atomic mass is 19.1. The van der Waals surface area contributed by atoms with Crippen LogP contribution in [0.1, 0.15) is 51.1 Å². The number of carbonyl (C=O) groups excluding carboxylic acids is 2. The van der Waals surface area contributed by atoms with Crippen LogP contribution in [-0.2, 0) is 19.1 Å². The van der Waals surface area contributed by atoms with E-state index in [9.17, 15) is 14.0 Å². The molecule has 1 saturated carbocycles. The summed E-state index contributed by atoms with van der Waals surface area (Å²) in [4.78, 5) is 31.1. The molecule has 7 heteroatoms. The van der Waals surface area contributed by atoms with E-state index in [-0.39, 0.29) is 41.4 Å². The normalized spacial score (nSPS) is 27.6. The summed E-state index contributed by atoms with van der Waals surface area (Å²) in [6, 6.07) is 5.58. The van der Waals surface area contributed by atoms with Gasteiger partial charge in [0.1, 0.15) is 11.9 Å². The number of carbonyl (C=O) groups is 2. The fraction of sp³-hybridized carbons (Fsp3) is 0.600. The Morgan fingerprint density at radius 3 is 2.53 bits per heavy atom. The quantitative estimate of drug-likeness (QED) is 0.615. The molecule has 0 bridgehead atoms. The molecule has 0 radical (unpaired) electrons. The highest BCUT2D eigenvalue weighted by Crippen LogP contribution is 2.47. The molecule has 0 saturated heterocycles. The molecular formula is C25H33FN2O4. The standard InChI is InChI=1S/C25H33FN2O4/c1-4-27(5-2)13-6-14-28-22(16-7-9-17(26)10-8-16)21-23(29)19-12-11-18(31-3)15-20(19)32-24(21)25(28)30/h7-10,18-20,22H,4-6,11-15H2,1-3H3. The van der Waals surface area contributed by atoms with Crippen molar-refractivity contribution in [3.8, 4) is 0 Å². The van der Waals surface area contributed by atoms with Crippen LogP contribution < -0.4 is 0 Å². The van der Waals surface area contributed by atoms with Crippen LogP contribution in [0.4, 0.5) is 4.39 Å². The van der Waals surface area contributed by atoms with E-state index in [1.807, 2.05) is 0 Å². The molecule has 6 nitrogen and oxygen atoms in total. The fourth-order valence-corrected chi connectivity index (χ4v) is 5.32. The maximum atomic E-state index is 13.6. The molecule has 1 fully saturated rings. The predicted octanol–water partition coefficient (Wildman–Crippen LogP) is 3.48. The van der Waals surface area contributed by atoms with E-state index in [1.165, 1.54) is 12.1 Å². The van der Waals surface area contributed by atoms with Gasteiger partial charge in [-0.15, -0.1) is 0 Å². The van der Waals surface area contributed by atoms with Crippen molar-refractivity contribution in [2.24, 2.45) is 5.92 Å². The third kappa shape index (κ3) is 4.20. The first kappa shape index (κ1) is 22.9. The number of ketones is 1. The lowest BCUT2D eigenvalue weighted by Crippen LogP contribution is -2.43. The van der Waals surface area contributed by atoms with Crippen LogP contribution in [0.15, 0.2) is 35.6 Å². The minimum atomic E-state index is -0.525. The van der Waals surface area contributed by atoms with Crippen molar-refractivity contribution in [1.29, 1.82) is 0 Å². The van der Waals surface area contributed by atoms with Gasteiger partial charge < -0.3 is 19.3 Å². The number of fused-ring (bicyclic) bond motifs is 1. The molecule has 3 aliphatic rings. The van der Waals surface area contributed by atoms with Crippen molar-refractivity contribution in [3.63, 3.8) is 0 Å². The van der Waals surface area contributed by atoms with Gasteiger partial charge in [0.25, 0.3) is 5.91 Å². The third-order valence-electron chi connectivity index (χ3n) is 7.19. The lowest BCUT2D eigenvalue weighted by Gasteiger charge is -2.38. The van der Waals surface area contributed by atoms with E-state index >= 15 is 0 Å². The molecule has 4 atom stereocenters. The number of methoxy groups -OCH3 is 1. The lowest BCUT2D eigenvalue weighted by atomic mass is 9.76. The van der Waals surface area contributed by atoms with E-state index in [2.05, 4.69) is 18.7 Å². The summed E-state index contributed by atoms with van der Waals surface area (Å²) in [6.45, 7) is 7.52. The summed E-state index contributed by atoms with van der Waals surface area (Å²) in [5.41, 5.74) is 1.19. The van der Waals surface area contributed by atoms with Gasteiger partial charge in [-0.2, -0.15) is 0 Å². The summed E-state index contributed by atoms with van der Waals surface area (Å²) in [7, 11) is 1.67. The zero-order chi connectivity index (χ0) is 22.8. The Bertz CT molecular complexity index is 880. The van der Waals surface area contributed by atoms with E-state index < -0.39 is 6.04 Å². The molecule has 2 heterocycles. The Hall–Kier alpha value is -2.25.